The highest BCUT2D eigenvalue weighted by atomic mass is 19.2. The maximum Gasteiger partial charge on any atom is 0.250 e. The van der Waals surface area contributed by atoms with E-state index in [9.17, 15) is 18.0 Å². The first-order valence-corrected chi connectivity index (χ1v) is 11.1. The molecule has 1 aromatic heterocycles. The number of nitrogens with zero attached hydrogens (tertiary/aromatic N) is 3. The van der Waals surface area contributed by atoms with Crippen molar-refractivity contribution in [2.24, 2.45) is 0 Å². The van der Waals surface area contributed by atoms with Crippen molar-refractivity contribution in [3.8, 4) is 5.69 Å². The quantitative estimate of drug-likeness (QED) is 0.372. The number of hydrogen-bond donors (Lipinski definition) is 0. The van der Waals surface area contributed by atoms with E-state index >= 15 is 0 Å². The molecule has 0 unspecified atom stereocenters. The lowest BCUT2D eigenvalue weighted by Gasteiger charge is -2.35. The molecular weight excluding hydrogens is 427 g/mol. The number of imidazole rings is 1. The van der Waals surface area contributed by atoms with Crippen molar-refractivity contribution >= 4 is 12.0 Å². The van der Waals surface area contributed by atoms with Crippen LogP contribution < -0.4 is 0 Å². The zero-order valence-corrected chi connectivity index (χ0v) is 18.5. The van der Waals surface area contributed by atoms with E-state index in [2.05, 4.69) is 4.98 Å². The molecule has 2 saturated heterocycles. The third-order valence-corrected chi connectivity index (χ3v) is 6.73. The number of benzene rings is 2. The Morgan fingerprint density at radius 1 is 1.03 bits per heavy atom. The number of carbonyl (C=O) groups is 1. The third kappa shape index (κ3) is 3.75. The van der Waals surface area contributed by atoms with Gasteiger partial charge in [0.15, 0.2) is 17.5 Å². The highest BCUT2D eigenvalue weighted by Crippen LogP contribution is 2.43. The van der Waals surface area contributed by atoms with Crippen LogP contribution in [0, 0.1) is 31.3 Å². The van der Waals surface area contributed by atoms with Crippen LogP contribution in [0.2, 0.25) is 0 Å². The van der Waals surface area contributed by atoms with Crippen LogP contribution >= 0.6 is 0 Å². The topological polar surface area (TPSA) is 38.1 Å². The third-order valence-electron chi connectivity index (χ3n) is 6.73. The molecule has 5 rings (SSSR count). The van der Waals surface area contributed by atoms with E-state index in [0.717, 1.165) is 41.4 Å². The highest BCUT2D eigenvalue weighted by molar-refractivity contribution is 5.99. The van der Waals surface area contributed by atoms with Gasteiger partial charge in [-0.15, -0.1) is 0 Å². The largest absolute Gasteiger partial charge is 0.329 e. The molecule has 2 aliphatic heterocycles. The molecule has 2 aromatic carbocycles. The Kier molecular flexibility index (Phi) is 5.35. The summed E-state index contributed by atoms with van der Waals surface area (Å²) < 4.78 is 43.7. The number of aromatic nitrogens is 2. The minimum absolute atomic E-state index is 0.0132. The van der Waals surface area contributed by atoms with Crippen molar-refractivity contribution in [3.05, 3.63) is 88.3 Å². The van der Waals surface area contributed by atoms with Gasteiger partial charge in [-0.2, -0.15) is 0 Å². The van der Waals surface area contributed by atoms with Crippen molar-refractivity contribution in [1.29, 1.82) is 0 Å². The molecule has 0 bridgehead atoms. The summed E-state index contributed by atoms with van der Waals surface area (Å²) in [4.78, 5) is 19.3. The molecule has 33 heavy (non-hydrogen) atoms. The molecule has 0 aliphatic carbocycles. The number of carbonyl (C=O) groups excluding carboxylic acids is 1. The van der Waals surface area contributed by atoms with Crippen LogP contribution in [0.25, 0.3) is 11.8 Å². The van der Waals surface area contributed by atoms with E-state index in [-0.39, 0.29) is 17.5 Å². The summed E-state index contributed by atoms with van der Waals surface area (Å²) in [6.45, 7) is 3.94. The molecule has 7 heteroatoms. The van der Waals surface area contributed by atoms with Gasteiger partial charge < -0.3 is 9.47 Å². The van der Waals surface area contributed by atoms with Gasteiger partial charge in [0.1, 0.15) is 0 Å². The molecule has 1 amide bonds. The molecule has 0 radical (unpaired) electrons. The van der Waals surface area contributed by atoms with Crippen molar-refractivity contribution < 1.29 is 18.0 Å². The Morgan fingerprint density at radius 2 is 1.85 bits per heavy atom. The SMILES string of the molecule is Cc1cn(-c2ccc(/C=C3\CC[C@H]4CC[C@@H](c5ccc(F)c(F)c5F)N4C3=O)cc2C)cn1. The van der Waals surface area contributed by atoms with Gasteiger partial charge in [-0.05, 0) is 74.9 Å². The van der Waals surface area contributed by atoms with Crippen LogP contribution in [0.1, 0.15) is 54.1 Å². The van der Waals surface area contributed by atoms with Crippen LogP contribution in [-0.2, 0) is 4.79 Å². The average Bonchev–Trinajstić information content (AvgIpc) is 3.41. The number of hydrogen-bond acceptors (Lipinski definition) is 2. The summed E-state index contributed by atoms with van der Waals surface area (Å²) in [5, 5.41) is 0. The van der Waals surface area contributed by atoms with E-state index in [1.807, 2.05) is 48.9 Å². The second-order valence-electron chi connectivity index (χ2n) is 8.90. The molecule has 0 saturated carbocycles. The van der Waals surface area contributed by atoms with Crippen molar-refractivity contribution in [2.45, 2.75) is 51.6 Å². The van der Waals surface area contributed by atoms with Gasteiger partial charge in [-0.3, -0.25) is 4.79 Å². The van der Waals surface area contributed by atoms with Crippen LogP contribution in [0.5, 0.6) is 0 Å². The average molecular weight is 451 g/mol. The predicted octanol–water partition coefficient (Wildman–Crippen LogP) is 5.82. The van der Waals surface area contributed by atoms with Gasteiger partial charge in [0, 0.05) is 29.1 Å². The first kappa shape index (κ1) is 21.5. The van der Waals surface area contributed by atoms with Gasteiger partial charge >= 0.3 is 0 Å². The molecule has 2 atom stereocenters. The van der Waals surface area contributed by atoms with Crippen molar-refractivity contribution in [1.82, 2.24) is 14.5 Å². The van der Waals surface area contributed by atoms with E-state index < -0.39 is 23.5 Å². The molecule has 2 aliphatic rings. The Bertz CT molecular complexity index is 1280. The van der Waals surface area contributed by atoms with Gasteiger partial charge in [0.2, 0.25) is 0 Å². The molecule has 2 fully saturated rings. The zero-order chi connectivity index (χ0) is 23.3. The van der Waals surface area contributed by atoms with E-state index in [4.69, 9.17) is 0 Å². The Labute approximate surface area is 190 Å². The molecule has 0 spiro atoms. The molecule has 0 N–H and O–H groups in total. The number of piperidine rings is 1. The Morgan fingerprint density at radius 3 is 2.58 bits per heavy atom. The summed E-state index contributed by atoms with van der Waals surface area (Å²) >= 11 is 0. The van der Waals surface area contributed by atoms with Crippen LogP contribution in [0.4, 0.5) is 13.2 Å². The fourth-order valence-electron chi connectivity index (χ4n) is 5.12. The summed E-state index contributed by atoms with van der Waals surface area (Å²) in [5.74, 6) is -4.07. The monoisotopic (exact) mass is 451 g/mol. The lowest BCUT2D eigenvalue weighted by atomic mass is 9.95. The molecule has 3 aromatic rings. The number of rotatable bonds is 3. The first-order valence-electron chi connectivity index (χ1n) is 11.1. The van der Waals surface area contributed by atoms with Crippen LogP contribution in [0.15, 0.2) is 48.4 Å². The Balaban J connectivity index is 1.44. The van der Waals surface area contributed by atoms with Crippen molar-refractivity contribution in [3.63, 3.8) is 0 Å². The first-order chi connectivity index (χ1) is 15.8. The highest BCUT2D eigenvalue weighted by Gasteiger charge is 2.42. The van der Waals surface area contributed by atoms with E-state index in [1.165, 1.54) is 6.07 Å². The standard InChI is InChI=1S/C26H24F3N3O/c1-15-11-17(3-9-22(15)31-13-16(2)30-14-31)12-18-4-5-19-6-10-23(32(19)26(18)33)20-7-8-21(27)25(29)24(20)28/h3,7-9,11-14,19,23H,4-6,10H2,1-2H3/b18-12+/t19-,23-/m0/s1. The molecule has 170 valence electrons. The van der Waals surface area contributed by atoms with Gasteiger partial charge in [0.25, 0.3) is 5.91 Å². The maximum atomic E-state index is 14.5. The van der Waals surface area contributed by atoms with E-state index in [0.29, 0.717) is 18.4 Å². The molecular formula is C26H24F3N3O. The van der Waals surface area contributed by atoms with Crippen LogP contribution in [0.3, 0.4) is 0 Å². The summed E-state index contributed by atoms with van der Waals surface area (Å²) in [6.07, 6.45) is 8.26. The summed E-state index contributed by atoms with van der Waals surface area (Å²) in [5.41, 5.74) is 4.59. The van der Waals surface area contributed by atoms with Gasteiger partial charge in [-0.1, -0.05) is 12.1 Å². The number of aryl methyl sites for hydroxylation is 2. The minimum Gasteiger partial charge on any atom is -0.329 e. The minimum atomic E-state index is -1.49. The predicted molar refractivity (Wildman–Crippen MR) is 119 cm³/mol. The number of halogens is 3. The summed E-state index contributed by atoms with van der Waals surface area (Å²) in [6, 6.07) is 7.56. The number of amides is 1. The van der Waals surface area contributed by atoms with Gasteiger partial charge in [0.05, 0.1) is 18.1 Å². The normalized spacial score (nSPS) is 21.7. The second kappa shape index (κ2) is 8.21. The fourth-order valence-corrected chi connectivity index (χ4v) is 5.12. The lowest BCUT2D eigenvalue weighted by molar-refractivity contribution is -0.132. The lowest BCUT2D eigenvalue weighted by Crippen LogP contribution is -2.42. The zero-order valence-electron chi connectivity index (χ0n) is 18.5. The van der Waals surface area contributed by atoms with Crippen LogP contribution in [-0.4, -0.2) is 26.4 Å². The van der Waals surface area contributed by atoms with E-state index in [1.54, 1.807) is 11.2 Å². The fraction of sp³-hybridized carbons (Fsp3) is 0.308. The maximum absolute atomic E-state index is 14.5. The smallest absolute Gasteiger partial charge is 0.250 e. The molecule has 3 heterocycles. The van der Waals surface area contributed by atoms with Crippen molar-refractivity contribution in [2.75, 3.05) is 0 Å². The summed E-state index contributed by atoms with van der Waals surface area (Å²) in [7, 11) is 0. The second-order valence-corrected chi connectivity index (χ2v) is 8.90. The van der Waals surface area contributed by atoms with Gasteiger partial charge in [-0.25, -0.2) is 18.2 Å². The number of fused-ring (bicyclic) bond motifs is 1. The molecule has 4 nitrogen and oxygen atoms in total. The Hall–Kier alpha value is -3.35.